The Bertz CT molecular complexity index is 1110. The van der Waals surface area contributed by atoms with E-state index in [-0.39, 0.29) is 26.7 Å². The van der Waals surface area contributed by atoms with Crippen LogP contribution in [0.5, 0.6) is 0 Å². The average molecular weight is 505 g/mol. The van der Waals surface area contributed by atoms with Crippen molar-refractivity contribution in [2.75, 3.05) is 11.9 Å². The summed E-state index contributed by atoms with van der Waals surface area (Å²) in [5.74, 6) is -0.233. The van der Waals surface area contributed by atoms with Gasteiger partial charge in [-0.3, -0.25) is 0 Å². The van der Waals surface area contributed by atoms with Crippen molar-refractivity contribution in [1.29, 1.82) is 0 Å². The highest BCUT2D eigenvalue weighted by Gasteiger charge is 2.35. The average Bonchev–Trinajstić information content (AvgIpc) is 2.84. The van der Waals surface area contributed by atoms with Gasteiger partial charge in [-0.2, -0.15) is 13.2 Å². The number of thiocarbonyl (C=S) groups is 1. The number of benzene rings is 1. The molecule has 0 aliphatic heterocycles. The molecule has 0 spiro atoms. The zero-order valence-corrected chi connectivity index (χ0v) is 19.8. The van der Waals surface area contributed by atoms with Crippen LogP contribution < -0.4 is 10.6 Å². The maximum absolute atomic E-state index is 13.4. The molecule has 1 aliphatic rings. The molecule has 1 aromatic carbocycles. The SMILES string of the molecule is FC(F)(F)c1cc(Sc2ncccn2)nc(NC(=S)NCC2(c3ccccc3)CCCCC2)n1. The molecule has 2 N–H and O–H groups in total. The molecule has 0 atom stereocenters. The number of alkyl halides is 3. The monoisotopic (exact) mass is 504 g/mol. The summed E-state index contributed by atoms with van der Waals surface area (Å²) in [6.45, 7) is 0.571. The molecule has 1 saturated carbocycles. The number of nitrogens with zero attached hydrogens (tertiary/aromatic N) is 4. The van der Waals surface area contributed by atoms with Gasteiger partial charge in [-0.25, -0.2) is 19.9 Å². The van der Waals surface area contributed by atoms with Crippen molar-refractivity contribution in [1.82, 2.24) is 25.3 Å². The molecule has 2 aromatic heterocycles. The van der Waals surface area contributed by atoms with Gasteiger partial charge in [0.2, 0.25) is 5.95 Å². The van der Waals surface area contributed by atoms with Gasteiger partial charge in [-0.05, 0) is 48.5 Å². The Balaban J connectivity index is 1.50. The van der Waals surface area contributed by atoms with Gasteiger partial charge >= 0.3 is 6.18 Å². The molecule has 4 rings (SSSR count). The third kappa shape index (κ3) is 6.20. The summed E-state index contributed by atoms with van der Waals surface area (Å²) in [6.07, 6.45) is 3.85. The van der Waals surface area contributed by atoms with E-state index in [9.17, 15) is 13.2 Å². The van der Waals surface area contributed by atoms with E-state index < -0.39 is 11.9 Å². The molecule has 0 bridgehead atoms. The van der Waals surface area contributed by atoms with Crippen LogP contribution in [0.2, 0.25) is 0 Å². The Hall–Kier alpha value is -2.79. The normalized spacial score (nSPS) is 15.5. The Kier molecular flexibility index (Phi) is 7.62. The second-order valence-corrected chi connectivity index (χ2v) is 9.46. The standard InChI is InChI=1S/C23H23F3N6S2/c24-23(25,26)17-14-18(34-21-27-12-7-13-28-21)31-19(30-17)32-20(33)29-15-22(10-5-2-6-11-22)16-8-3-1-4-9-16/h1,3-4,7-9,12-14H,2,5-6,10-11,15H2,(H2,29,30,31,32,33). The lowest BCUT2D eigenvalue weighted by atomic mass is 9.69. The van der Waals surface area contributed by atoms with E-state index in [1.807, 2.05) is 18.2 Å². The quantitative estimate of drug-likeness (QED) is 0.254. The van der Waals surface area contributed by atoms with E-state index in [4.69, 9.17) is 12.2 Å². The summed E-state index contributed by atoms with van der Waals surface area (Å²) in [4.78, 5) is 15.9. The van der Waals surface area contributed by atoms with Crippen molar-refractivity contribution in [2.24, 2.45) is 0 Å². The third-order valence-corrected chi connectivity index (χ3v) is 6.80. The minimum Gasteiger partial charge on any atom is -0.361 e. The van der Waals surface area contributed by atoms with Gasteiger partial charge in [0.1, 0.15) is 5.03 Å². The summed E-state index contributed by atoms with van der Waals surface area (Å²) >= 11 is 6.31. The first-order valence-electron chi connectivity index (χ1n) is 10.9. The van der Waals surface area contributed by atoms with Crippen LogP contribution in [0.1, 0.15) is 43.4 Å². The van der Waals surface area contributed by atoms with Crippen molar-refractivity contribution in [3.63, 3.8) is 0 Å². The maximum atomic E-state index is 13.4. The molecule has 0 unspecified atom stereocenters. The minimum atomic E-state index is -4.64. The molecule has 6 nitrogen and oxygen atoms in total. The molecule has 0 saturated heterocycles. The van der Waals surface area contributed by atoms with Gasteiger partial charge in [-0.1, -0.05) is 49.6 Å². The number of halogens is 3. The molecular formula is C23H23F3N6S2. The number of rotatable bonds is 6. The third-order valence-electron chi connectivity index (χ3n) is 5.74. The number of anilines is 1. The number of hydrogen-bond acceptors (Lipinski definition) is 6. The van der Waals surface area contributed by atoms with Crippen LogP contribution >= 0.6 is 24.0 Å². The van der Waals surface area contributed by atoms with Gasteiger partial charge in [0, 0.05) is 30.4 Å². The molecule has 3 aromatic rings. The van der Waals surface area contributed by atoms with Crippen LogP contribution in [0.25, 0.3) is 0 Å². The Morgan fingerprint density at radius 3 is 2.38 bits per heavy atom. The Morgan fingerprint density at radius 2 is 1.71 bits per heavy atom. The predicted molar refractivity (Wildman–Crippen MR) is 129 cm³/mol. The Labute approximate surface area is 205 Å². The van der Waals surface area contributed by atoms with Crippen molar-refractivity contribution in [3.8, 4) is 0 Å². The summed E-state index contributed by atoms with van der Waals surface area (Å²) in [7, 11) is 0. The van der Waals surface area contributed by atoms with Crippen molar-refractivity contribution in [3.05, 3.63) is 66.1 Å². The highest BCUT2D eigenvalue weighted by molar-refractivity contribution is 7.99. The van der Waals surface area contributed by atoms with E-state index in [2.05, 4.69) is 42.7 Å². The molecule has 34 heavy (non-hydrogen) atoms. The van der Waals surface area contributed by atoms with Gasteiger partial charge < -0.3 is 10.6 Å². The fraction of sp³-hybridized carbons (Fsp3) is 0.348. The second-order valence-electron chi connectivity index (χ2n) is 8.06. The second kappa shape index (κ2) is 10.6. The van der Waals surface area contributed by atoms with E-state index in [0.29, 0.717) is 6.54 Å². The zero-order valence-electron chi connectivity index (χ0n) is 18.2. The molecule has 2 heterocycles. The lowest BCUT2D eigenvalue weighted by Crippen LogP contribution is -2.43. The van der Waals surface area contributed by atoms with E-state index in [1.54, 1.807) is 6.07 Å². The van der Waals surface area contributed by atoms with Crippen LogP contribution in [0.3, 0.4) is 0 Å². The fourth-order valence-corrected chi connectivity index (χ4v) is 4.97. The summed E-state index contributed by atoms with van der Waals surface area (Å²) in [5, 5.41) is 6.44. The van der Waals surface area contributed by atoms with Crippen LogP contribution in [0.15, 0.2) is 65.0 Å². The largest absolute Gasteiger partial charge is 0.433 e. The van der Waals surface area contributed by atoms with Crippen LogP contribution in [-0.4, -0.2) is 31.6 Å². The van der Waals surface area contributed by atoms with Crippen LogP contribution in [-0.2, 0) is 11.6 Å². The van der Waals surface area contributed by atoms with E-state index in [0.717, 1.165) is 43.5 Å². The Morgan fingerprint density at radius 1 is 1.00 bits per heavy atom. The molecule has 0 radical (unpaired) electrons. The highest BCUT2D eigenvalue weighted by Crippen LogP contribution is 2.39. The topological polar surface area (TPSA) is 75.6 Å². The highest BCUT2D eigenvalue weighted by atomic mass is 32.2. The lowest BCUT2D eigenvalue weighted by molar-refractivity contribution is -0.141. The number of nitrogens with one attached hydrogen (secondary N) is 2. The first kappa shape index (κ1) is 24.3. The molecular weight excluding hydrogens is 481 g/mol. The van der Waals surface area contributed by atoms with Crippen LogP contribution in [0, 0.1) is 0 Å². The summed E-state index contributed by atoms with van der Waals surface area (Å²) in [6, 6.07) is 12.8. The first-order chi connectivity index (χ1) is 16.3. The van der Waals surface area contributed by atoms with Crippen molar-refractivity contribution >= 4 is 35.0 Å². The van der Waals surface area contributed by atoms with Crippen molar-refractivity contribution in [2.45, 2.75) is 53.9 Å². The number of aromatic nitrogens is 4. The molecule has 0 amide bonds. The van der Waals surface area contributed by atoms with Gasteiger partial charge in [0.25, 0.3) is 0 Å². The summed E-state index contributed by atoms with van der Waals surface area (Å²) in [5.41, 5.74) is 0.0899. The molecule has 178 valence electrons. The molecule has 11 heteroatoms. The molecule has 1 aliphatic carbocycles. The van der Waals surface area contributed by atoms with Gasteiger partial charge in [0.05, 0.1) is 0 Å². The minimum absolute atomic E-state index is 0.0619. The number of hydrogen-bond donors (Lipinski definition) is 2. The van der Waals surface area contributed by atoms with E-state index >= 15 is 0 Å². The fourth-order valence-electron chi connectivity index (χ4n) is 4.09. The first-order valence-corrected chi connectivity index (χ1v) is 12.1. The molecule has 1 fully saturated rings. The zero-order chi connectivity index (χ0) is 24.0. The van der Waals surface area contributed by atoms with Gasteiger partial charge in [0.15, 0.2) is 16.0 Å². The maximum Gasteiger partial charge on any atom is 0.433 e. The lowest BCUT2D eigenvalue weighted by Gasteiger charge is -2.38. The summed E-state index contributed by atoms with van der Waals surface area (Å²) < 4.78 is 40.3. The predicted octanol–water partition coefficient (Wildman–Crippen LogP) is 5.63. The van der Waals surface area contributed by atoms with Crippen molar-refractivity contribution < 1.29 is 13.2 Å². The van der Waals surface area contributed by atoms with Gasteiger partial charge in [-0.15, -0.1) is 0 Å². The van der Waals surface area contributed by atoms with Crippen LogP contribution in [0.4, 0.5) is 19.1 Å². The smallest absolute Gasteiger partial charge is 0.361 e. The van der Waals surface area contributed by atoms with E-state index in [1.165, 1.54) is 24.4 Å².